The maximum atomic E-state index is 4.39. The summed E-state index contributed by atoms with van der Waals surface area (Å²) in [5, 5.41) is 8.76. The van der Waals surface area contributed by atoms with Crippen molar-refractivity contribution in [2.45, 2.75) is 65.8 Å². The Morgan fingerprint density at radius 3 is 2.25 bits per heavy atom. The first kappa shape index (κ1) is 11.6. The van der Waals surface area contributed by atoms with E-state index in [-0.39, 0.29) is 10.8 Å². The number of fused-ring (bicyclic) bond motifs is 1. The molecule has 0 saturated heterocycles. The summed E-state index contributed by atoms with van der Waals surface area (Å²) in [6.07, 6.45) is 2.33. The third-order valence-electron chi connectivity index (χ3n) is 3.45. The Balaban J connectivity index is 2.42. The van der Waals surface area contributed by atoms with Gasteiger partial charge in [0.15, 0.2) is 0 Å². The minimum atomic E-state index is 0.111. The van der Waals surface area contributed by atoms with Crippen LogP contribution in [0.5, 0.6) is 0 Å². The Labute approximate surface area is 98.2 Å². The van der Waals surface area contributed by atoms with Crippen molar-refractivity contribution in [3.63, 3.8) is 0 Å². The Morgan fingerprint density at radius 2 is 1.75 bits per heavy atom. The number of nitrogens with zero attached hydrogens (tertiary/aromatic N) is 3. The fraction of sp³-hybridized carbons (Fsp3) is 0.846. The van der Waals surface area contributed by atoms with Crippen LogP contribution in [0.1, 0.15) is 65.4 Å². The van der Waals surface area contributed by atoms with Gasteiger partial charge in [-0.15, -0.1) is 5.10 Å². The zero-order valence-corrected chi connectivity index (χ0v) is 11.3. The monoisotopic (exact) mass is 221 g/mol. The highest BCUT2D eigenvalue weighted by Crippen LogP contribution is 2.41. The van der Waals surface area contributed by atoms with Crippen LogP contribution < -0.4 is 0 Å². The van der Waals surface area contributed by atoms with Gasteiger partial charge in [-0.1, -0.05) is 46.8 Å². The smallest absolute Gasteiger partial charge is 0.0912 e. The Hall–Kier alpha value is -0.860. The van der Waals surface area contributed by atoms with Crippen molar-refractivity contribution in [2.75, 3.05) is 0 Å². The van der Waals surface area contributed by atoms with Crippen molar-refractivity contribution >= 4 is 0 Å². The molecule has 0 bridgehead atoms. The van der Waals surface area contributed by atoms with Gasteiger partial charge in [0.2, 0.25) is 0 Å². The van der Waals surface area contributed by atoms with Crippen LogP contribution in [0, 0.1) is 5.41 Å². The third-order valence-corrected chi connectivity index (χ3v) is 3.45. The van der Waals surface area contributed by atoms with Crippen molar-refractivity contribution in [3.8, 4) is 0 Å². The van der Waals surface area contributed by atoms with E-state index in [4.69, 9.17) is 0 Å². The summed E-state index contributed by atoms with van der Waals surface area (Å²) in [6, 6.07) is 0.506. The molecule has 1 unspecified atom stereocenters. The Morgan fingerprint density at radius 1 is 1.12 bits per heavy atom. The van der Waals surface area contributed by atoms with E-state index in [1.54, 1.807) is 0 Å². The molecule has 0 saturated carbocycles. The van der Waals surface area contributed by atoms with Gasteiger partial charge < -0.3 is 0 Å². The molecule has 90 valence electrons. The van der Waals surface area contributed by atoms with Gasteiger partial charge in [-0.25, -0.2) is 4.68 Å². The Kier molecular flexibility index (Phi) is 2.41. The minimum Gasteiger partial charge on any atom is -0.246 e. The second-order valence-electron chi connectivity index (χ2n) is 7.00. The molecule has 0 fully saturated rings. The molecule has 0 aromatic carbocycles. The van der Waals surface area contributed by atoms with Gasteiger partial charge in [-0.05, 0) is 18.3 Å². The van der Waals surface area contributed by atoms with Crippen molar-refractivity contribution in [1.82, 2.24) is 15.0 Å². The lowest BCUT2D eigenvalue weighted by Gasteiger charge is -2.26. The van der Waals surface area contributed by atoms with Crippen LogP contribution in [0.3, 0.4) is 0 Å². The molecule has 1 aliphatic rings. The molecule has 0 radical (unpaired) electrons. The number of hydrogen-bond donors (Lipinski definition) is 0. The van der Waals surface area contributed by atoms with E-state index in [9.17, 15) is 0 Å². The Bertz CT molecular complexity index is 390. The first-order valence-electron chi connectivity index (χ1n) is 6.16. The quantitative estimate of drug-likeness (QED) is 0.674. The van der Waals surface area contributed by atoms with Gasteiger partial charge in [0.25, 0.3) is 0 Å². The first-order valence-corrected chi connectivity index (χ1v) is 6.16. The summed E-state index contributed by atoms with van der Waals surface area (Å²) in [5.74, 6) is 0. The highest BCUT2D eigenvalue weighted by atomic mass is 15.5. The van der Waals surface area contributed by atoms with Crippen LogP contribution in [0.4, 0.5) is 0 Å². The number of rotatable bonds is 0. The number of hydrogen-bond acceptors (Lipinski definition) is 2. The summed E-state index contributed by atoms with van der Waals surface area (Å²) in [6.45, 7) is 13.5. The molecule has 3 heteroatoms. The SMILES string of the molecule is CC(C)(C)c1nnn2c1CCC2C(C)(C)C. The molecular weight excluding hydrogens is 198 g/mol. The molecule has 2 heterocycles. The normalized spacial score (nSPS) is 21.2. The predicted molar refractivity (Wildman–Crippen MR) is 65.5 cm³/mol. The molecule has 0 aliphatic carbocycles. The van der Waals surface area contributed by atoms with Crippen LogP contribution in [-0.2, 0) is 11.8 Å². The second kappa shape index (κ2) is 3.31. The minimum absolute atomic E-state index is 0.111. The van der Waals surface area contributed by atoms with Gasteiger partial charge in [-0.2, -0.15) is 0 Å². The predicted octanol–water partition coefficient (Wildman–Crippen LogP) is 3.11. The van der Waals surface area contributed by atoms with Crippen molar-refractivity contribution < 1.29 is 0 Å². The zero-order chi connectivity index (χ0) is 12.1. The van der Waals surface area contributed by atoms with E-state index in [0.29, 0.717) is 6.04 Å². The van der Waals surface area contributed by atoms with E-state index in [0.717, 1.165) is 6.42 Å². The molecular formula is C13H23N3. The molecule has 1 aromatic rings. The molecule has 1 aromatic heterocycles. The van der Waals surface area contributed by atoms with E-state index >= 15 is 0 Å². The molecule has 2 rings (SSSR count). The zero-order valence-electron chi connectivity index (χ0n) is 11.3. The van der Waals surface area contributed by atoms with Gasteiger partial charge in [0, 0.05) is 5.41 Å². The highest BCUT2D eigenvalue weighted by molar-refractivity contribution is 5.22. The van der Waals surface area contributed by atoms with Crippen molar-refractivity contribution in [2.24, 2.45) is 5.41 Å². The average Bonchev–Trinajstić information content (AvgIpc) is 2.54. The van der Waals surface area contributed by atoms with E-state index in [1.165, 1.54) is 17.8 Å². The van der Waals surface area contributed by atoms with E-state index < -0.39 is 0 Å². The molecule has 16 heavy (non-hydrogen) atoms. The molecule has 0 spiro atoms. The van der Waals surface area contributed by atoms with Gasteiger partial charge >= 0.3 is 0 Å². The number of aromatic nitrogens is 3. The largest absolute Gasteiger partial charge is 0.246 e. The van der Waals surface area contributed by atoms with Crippen LogP contribution in [-0.4, -0.2) is 15.0 Å². The second-order valence-corrected chi connectivity index (χ2v) is 7.00. The average molecular weight is 221 g/mol. The van der Waals surface area contributed by atoms with Gasteiger partial charge in [-0.3, -0.25) is 0 Å². The van der Waals surface area contributed by atoms with Crippen molar-refractivity contribution in [3.05, 3.63) is 11.4 Å². The fourth-order valence-electron chi connectivity index (χ4n) is 2.57. The molecule has 0 N–H and O–H groups in total. The fourth-order valence-corrected chi connectivity index (χ4v) is 2.57. The van der Waals surface area contributed by atoms with Crippen molar-refractivity contribution in [1.29, 1.82) is 0 Å². The summed E-state index contributed by atoms with van der Waals surface area (Å²) in [7, 11) is 0. The standard InChI is InChI=1S/C13H23N3/c1-12(2,3)10-8-7-9-11(13(4,5)6)14-15-16(9)10/h10H,7-8H2,1-6H3. The maximum Gasteiger partial charge on any atom is 0.0912 e. The highest BCUT2D eigenvalue weighted by Gasteiger charge is 2.37. The van der Waals surface area contributed by atoms with E-state index in [1.807, 2.05) is 0 Å². The lowest BCUT2D eigenvalue weighted by molar-refractivity contribution is 0.231. The third kappa shape index (κ3) is 1.76. The topological polar surface area (TPSA) is 30.7 Å². The first-order chi connectivity index (χ1) is 7.21. The lowest BCUT2D eigenvalue weighted by Crippen LogP contribution is -2.22. The molecule has 1 aliphatic heterocycles. The van der Waals surface area contributed by atoms with Gasteiger partial charge in [0.1, 0.15) is 0 Å². The van der Waals surface area contributed by atoms with Crippen LogP contribution in [0.25, 0.3) is 0 Å². The van der Waals surface area contributed by atoms with Crippen LogP contribution in [0.15, 0.2) is 0 Å². The molecule has 3 nitrogen and oxygen atoms in total. The maximum absolute atomic E-state index is 4.39. The van der Waals surface area contributed by atoms with Crippen LogP contribution >= 0.6 is 0 Å². The van der Waals surface area contributed by atoms with Crippen LogP contribution in [0.2, 0.25) is 0 Å². The summed E-state index contributed by atoms with van der Waals surface area (Å²) >= 11 is 0. The molecule has 0 amide bonds. The lowest BCUT2D eigenvalue weighted by atomic mass is 9.85. The van der Waals surface area contributed by atoms with E-state index in [2.05, 4.69) is 56.5 Å². The summed E-state index contributed by atoms with van der Waals surface area (Å²) < 4.78 is 2.17. The molecule has 1 atom stereocenters. The summed E-state index contributed by atoms with van der Waals surface area (Å²) in [4.78, 5) is 0. The summed E-state index contributed by atoms with van der Waals surface area (Å²) in [5.41, 5.74) is 2.92. The van der Waals surface area contributed by atoms with Gasteiger partial charge in [0.05, 0.1) is 17.4 Å².